The van der Waals surface area contributed by atoms with Crippen LogP contribution in [-0.2, 0) is 0 Å². The normalized spacial score (nSPS) is 23.1. The van der Waals surface area contributed by atoms with Crippen LogP contribution in [0.3, 0.4) is 0 Å². The van der Waals surface area contributed by atoms with Gasteiger partial charge < -0.3 is 15.8 Å². The third-order valence-electron chi connectivity index (χ3n) is 3.90. The number of nitrogens with two attached hydrogens (primary N) is 1. The molecule has 1 aromatic rings. The van der Waals surface area contributed by atoms with Crippen LogP contribution in [0, 0.1) is 5.92 Å². The highest BCUT2D eigenvalue weighted by Crippen LogP contribution is 2.30. The van der Waals surface area contributed by atoms with Crippen LogP contribution in [0.1, 0.15) is 39.0 Å². The van der Waals surface area contributed by atoms with Crippen molar-refractivity contribution in [2.75, 3.05) is 18.5 Å². The molecule has 0 radical (unpaired) electrons. The number of nitrogens with one attached hydrogen (secondary N) is 1. The largest absolute Gasteiger partial charge is 0.491 e. The predicted octanol–water partition coefficient (Wildman–Crippen LogP) is 3.40. The summed E-state index contributed by atoms with van der Waals surface area (Å²) in [4.78, 5) is 0. The van der Waals surface area contributed by atoms with Crippen LogP contribution in [0.4, 0.5) is 5.69 Å². The van der Waals surface area contributed by atoms with Crippen LogP contribution in [-0.4, -0.2) is 19.2 Å². The second kappa shape index (κ2) is 7.39. The lowest BCUT2D eigenvalue weighted by Crippen LogP contribution is -2.36. The Bertz CT molecular complexity index is 381. The number of para-hydroxylation sites is 2. The van der Waals surface area contributed by atoms with Gasteiger partial charge >= 0.3 is 0 Å². The lowest BCUT2D eigenvalue weighted by atomic mass is 9.84. The zero-order chi connectivity index (χ0) is 13.5. The molecule has 1 aromatic carbocycles. The van der Waals surface area contributed by atoms with Gasteiger partial charge in [-0.2, -0.15) is 0 Å². The Hall–Kier alpha value is -1.22. The molecule has 0 aliphatic heterocycles. The Morgan fingerprint density at radius 2 is 2.05 bits per heavy atom. The molecule has 1 saturated carbocycles. The second-order valence-corrected chi connectivity index (χ2v) is 5.38. The van der Waals surface area contributed by atoms with Crippen molar-refractivity contribution >= 4 is 5.69 Å². The minimum Gasteiger partial charge on any atom is -0.491 e. The fraction of sp³-hybridized carbons (Fsp3) is 0.625. The smallest absolute Gasteiger partial charge is 0.142 e. The number of ether oxygens (including phenoxy) is 1. The number of hydrogen-bond donors (Lipinski definition) is 2. The molecule has 0 heterocycles. The highest BCUT2D eigenvalue weighted by atomic mass is 16.5. The molecule has 3 heteroatoms. The Morgan fingerprint density at radius 3 is 2.84 bits per heavy atom. The average molecular weight is 262 g/mol. The Balaban J connectivity index is 2.04. The van der Waals surface area contributed by atoms with Crippen LogP contribution in [0.15, 0.2) is 24.3 Å². The molecular formula is C16H26N2O. The summed E-state index contributed by atoms with van der Waals surface area (Å²) in [6, 6.07) is 8.72. The molecule has 3 N–H and O–H groups in total. The van der Waals surface area contributed by atoms with E-state index in [1.54, 1.807) is 0 Å². The number of anilines is 1. The van der Waals surface area contributed by atoms with Crippen molar-refractivity contribution in [2.24, 2.45) is 11.7 Å². The standard InChI is InChI=1S/C16H26N2O/c1-2-11-19-16-10-6-5-9-15(16)18-14-8-4-3-7-13(14)12-17/h5-6,9-10,13-14,18H,2-4,7-8,11-12,17H2,1H3. The van der Waals surface area contributed by atoms with Gasteiger partial charge in [0, 0.05) is 6.04 Å². The van der Waals surface area contributed by atoms with Crippen LogP contribution in [0.25, 0.3) is 0 Å². The molecular weight excluding hydrogens is 236 g/mol. The van der Waals surface area contributed by atoms with Gasteiger partial charge in [-0.3, -0.25) is 0 Å². The molecule has 0 aromatic heterocycles. The minimum absolute atomic E-state index is 0.491. The van der Waals surface area contributed by atoms with Crippen molar-refractivity contribution in [3.05, 3.63) is 24.3 Å². The molecule has 19 heavy (non-hydrogen) atoms. The molecule has 2 unspecified atom stereocenters. The van der Waals surface area contributed by atoms with Crippen molar-refractivity contribution < 1.29 is 4.74 Å². The maximum atomic E-state index is 5.89. The lowest BCUT2D eigenvalue weighted by Gasteiger charge is -2.32. The summed E-state index contributed by atoms with van der Waals surface area (Å²) in [5, 5.41) is 3.65. The van der Waals surface area contributed by atoms with Crippen molar-refractivity contribution in [1.82, 2.24) is 0 Å². The quantitative estimate of drug-likeness (QED) is 0.826. The highest BCUT2D eigenvalue weighted by Gasteiger charge is 2.24. The van der Waals surface area contributed by atoms with Gasteiger partial charge in [0.25, 0.3) is 0 Å². The van der Waals surface area contributed by atoms with Gasteiger partial charge in [0.15, 0.2) is 0 Å². The number of rotatable bonds is 6. The van der Waals surface area contributed by atoms with Gasteiger partial charge in [-0.1, -0.05) is 31.9 Å². The fourth-order valence-corrected chi connectivity index (χ4v) is 2.80. The summed E-state index contributed by atoms with van der Waals surface area (Å²) in [5.74, 6) is 1.55. The summed E-state index contributed by atoms with van der Waals surface area (Å²) < 4.78 is 5.80. The number of hydrogen-bond acceptors (Lipinski definition) is 3. The van der Waals surface area contributed by atoms with Crippen molar-refractivity contribution in [3.8, 4) is 5.75 Å². The lowest BCUT2D eigenvalue weighted by molar-refractivity contribution is 0.313. The van der Waals surface area contributed by atoms with E-state index in [1.807, 2.05) is 12.1 Å². The first kappa shape index (κ1) is 14.2. The van der Waals surface area contributed by atoms with Gasteiger partial charge in [0.05, 0.1) is 12.3 Å². The Kier molecular flexibility index (Phi) is 5.52. The van der Waals surface area contributed by atoms with E-state index >= 15 is 0 Å². The molecule has 0 bridgehead atoms. The molecule has 0 spiro atoms. The second-order valence-electron chi connectivity index (χ2n) is 5.38. The topological polar surface area (TPSA) is 47.3 Å². The molecule has 106 valence electrons. The number of benzene rings is 1. The van der Waals surface area contributed by atoms with E-state index in [-0.39, 0.29) is 0 Å². The third kappa shape index (κ3) is 3.87. The van der Waals surface area contributed by atoms with Gasteiger partial charge in [-0.05, 0) is 43.9 Å². The summed E-state index contributed by atoms with van der Waals surface area (Å²) in [5.41, 5.74) is 7.01. The maximum absolute atomic E-state index is 5.89. The first-order chi connectivity index (χ1) is 9.35. The summed E-state index contributed by atoms with van der Waals surface area (Å²) in [6.45, 7) is 3.67. The van der Waals surface area contributed by atoms with Crippen molar-refractivity contribution in [1.29, 1.82) is 0 Å². The van der Waals surface area contributed by atoms with Crippen LogP contribution in [0.5, 0.6) is 5.75 Å². The average Bonchev–Trinajstić information content (AvgIpc) is 2.47. The Morgan fingerprint density at radius 1 is 1.26 bits per heavy atom. The molecule has 1 aliphatic rings. The van der Waals surface area contributed by atoms with E-state index in [9.17, 15) is 0 Å². The first-order valence-electron chi connectivity index (χ1n) is 7.53. The van der Waals surface area contributed by atoms with E-state index in [0.717, 1.165) is 31.0 Å². The van der Waals surface area contributed by atoms with E-state index in [1.165, 1.54) is 25.7 Å². The van der Waals surface area contributed by atoms with Gasteiger partial charge in [0.2, 0.25) is 0 Å². The first-order valence-corrected chi connectivity index (χ1v) is 7.53. The predicted molar refractivity (Wildman–Crippen MR) is 80.7 cm³/mol. The minimum atomic E-state index is 0.491. The SMILES string of the molecule is CCCOc1ccccc1NC1CCCCC1CN. The van der Waals surface area contributed by atoms with Crippen LogP contribution in [0.2, 0.25) is 0 Å². The molecule has 2 atom stereocenters. The summed E-state index contributed by atoms with van der Waals surface area (Å²) >= 11 is 0. The highest BCUT2D eigenvalue weighted by molar-refractivity contribution is 5.56. The van der Waals surface area contributed by atoms with Crippen LogP contribution >= 0.6 is 0 Å². The van der Waals surface area contributed by atoms with E-state index in [0.29, 0.717) is 12.0 Å². The third-order valence-corrected chi connectivity index (χ3v) is 3.90. The van der Waals surface area contributed by atoms with E-state index in [4.69, 9.17) is 10.5 Å². The van der Waals surface area contributed by atoms with Gasteiger partial charge in [-0.25, -0.2) is 0 Å². The molecule has 2 rings (SSSR count). The zero-order valence-electron chi connectivity index (χ0n) is 11.9. The fourth-order valence-electron chi connectivity index (χ4n) is 2.80. The van der Waals surface area contributed by atoms with E-state index in [2.05, 4.69) is 24.4 Å². The molecule has 3 nitrogen and oxygen atoms in total. The molecule has 0 amide bonds. The molecule has 1 fully saturated rings. The van der Waals surface area contributed by atoms with Gasteiger partial charge in [0.1, 0.15) is 5.75 Å². The maximum Gasteiger partial charge on any atom is 0.142 e. The van der Waals surface area contributed by atoms with Crippen LogP contribution < -0.4 is 15.8 Å². The summed E-state index contributed by atoms with van der Waals surface area (Å²) in [6.07, 6.45) is 6.10. The van der Waals surface area contributed by atoms with Gasteiger partial charge in [-0.15, -0.1) is 0 Å². The monoisotopic (exact) mass is 262 g/mol. The van der Waals surface area contributed by atoms with E-state index < -0.39 is 0 Å². The summed E-state index contributed by atoms with van der Waals surface area (Å²) in [7, 11) is 0. The zero-order valence-corrected chi connectivity index (χ0v) is 11.9. The molecule has 1 aliphatic carbocycles. The Labute approximate surface area is 116 Å². The van der Waals surface area contributed by atoms with Crippen molar-refractivity contribution in [2.45, 2.75) is 45.1 Å². The molecule has 0 saturated heterocycles. The van der Waals surface area contributed by atoms with Crippen molar-refractivity contribution in [3.63, 3.8) is 0 Å².